The monoisotopic (exact) mass is 237 g/mol. The molecule has 1 aromatic rings. The van der Waals surface area contributed by atoms with E-state index in [0.717, 1.165) is 0 Å². The second kappa shape index (κ2) is 5.97. The average Bonchev–Trinajstić information content (AvgIpc) is 2.38. The summed E-state index contributed by atoms with van der Waals surface area (Å²) >= 11 is 0. The molecular formula is C12H15NO4. The standard InChI is InChI=1S/C12H15NO4/c1-15-10-4-8(9(6-13)7-14)5-11(16-2)12(10)17-3/h4-5,9,14H,7H2,1-3H3. The smallest absolute Gasteiger partial charge is 0.203 e. The fourth-order valence-corrected chi connectivity index (χ4v) is 1.52. The maximum absolute atomic E-state index is 9.10. The molecule has 0 aliphatic heterocycles. The van der Waals surface area contributed by atoms with Crippen molar-refractivity contribution in [2.75, 3.05) is 27.9 Å². The van der Waals surface area contributed by atoms with E-state index >= 15 is 0 Å². The van der Waals surface area contributed by atoms with E-state index in [9.17, 15) is 0 Å². The lowest BCUT2D eigenvalue weighted by Gasteiger charge is -2.15. The Morgan fingerprint density at radius 3 is 2.00 bits per heavy atom. The molecule has 0 aliphatic carbocycles. The van der Waals surface area contributed by atoms with Crippen molar-refractivity contribution < 1.29 is 19.3 Å². The first-order chi connectivity index (χ1) is 8.21. The zero-order valence-corrected chi connectivity index (χ0v) is 10.1. The van der Waals surface area contributed by atoms with Gasteiger partial charge in [0.1, 0.15) is 0 Å². The molecule has 0 fully saturated rings. The molecule has 1 aromatic carbocycles. The Bertz CT molecular complexity index is 400. The second-order valence-electron chi connectivity index (χ2n) is 3.32. The highest BCUT2D eigenvalue weighted by Crippen LogP contribution is 2.39. The summed E-state index contributed by atoms with van der Waals surface area (Å²) in [4.78, 5) is 0. The number of aliphatic hydroxyl groups excluding tert-OH is 1. The highest BCUT2D eigenvalue weighted by molar-refractivity contribution is 5.55. The van der Waals surface area contributed by atoms with Gasteiger partial charge in [0.05, 0.1) is 39.9 Å². The van der Waals surface area contributed by atoms with Crippen molar-refractivity contribution in [3.05, 3.63) is 17.7 Å². The van der Waals surface area contributed by atoms with Crippen LogP contribution in [-0.2, 0) is 0 Å². The lowest BCUT2D eigenvalue weighted by atomic mass is 10.0. The largest absolute Gasteiger partial charge is 0.493 e. The van der Waals surface area contributed by atoms with Crippen molar-refractivity contribution in [1.29, 1.82) is 5.26 Å². The van der Waals surface area contributed by atoms with Gasteiger partial charge in [0.25, 0.3) is 0 Å². The predicted molar refractivity (Wildman–Crippen MR) is 61.5 cm³/mol. The molecule has 5 heteroatoms. The van der Waals surface area contributed by atoms with Gasteiger partial charge in [-0.05, 0) is 17.7 Å². The summed E-state index contributed by atoms with van der Waals surface area (Å²) in [6.07, 6.45) is 0. The van der Waals surface area contributed by atoms with Crippen molar-refractivity contribution >= 4 is 0 Å². The third-order valence-electron chi connectivity index (χ3n) is 2.43. The molecule has 0 spiro atoms. The summed E-state index contributed by atoms with van der Waals surface area (Å²) in [6.45, 7) is -0.255. The van der Waals surface area contributed by atoms with Crippen LogP contribution in [0.4, 0.5) is 0 Å². The Labute approximate surface area is 100 Å². The number of aliphatic hydroxyl groups is 1. The molecule has 1 unspecified atom stereocenters. The number of hydrogen-bond donors (Lipinski definition) is 1. The molecular weight excluding hydrogens is 222 g/mol. The number of nitrogens with zero attached hydrogens (tertiary/aromatic N) is 1. The highest BCUT2D eigenvalue weighted by atomic mass is 16.5. The van der Waals surface area contributed by atoms with E-state index < -0.39 is 5.92 Å². The van der Waals surface area contributed by atoms with Gasteiger partial charge in [-0.2, -0.15) is 5.26 Å². The van der Waals surface area contributed by atoms with Crippen LogP contribution in [0.25, 0.3) is 0 Å². The van der Waals surface area contributed by atoms with Crippen LogP contribution in [0.5, 0.6) is 17.2 Å². The first-order valence-electron chi connectivity index (χ1n) is 5.02. The lowest BCUT2D eigenvalue weighted by molar-refractivity contribution is 0.284. The van der Waals surface area contributed by atoms with Gasteiger partial charge in [-0.25, -0.2) is 0 Å². The molecule has 5 nitrogen and oxygen atoms in total. The molecule has 0 saturated carbocycles. The number of methoxy groups -OCH3 is 3. The third kappa shape index (κ3) is 2.60. The Kier molecular flexibility index (Phi) is 4.61. The minimum Gasteiger partial charge on any atom is -0.493 e. The van der Waals surface area contributed by atoms with Crippen LogP contribution in [0, 0.1) is 11.3 Å². The Morgan fingerprint density at radius 1 is 1.18 bits per heavy atom. The normalized spacial score (nSPS) is 11.5. The van der Waals surface area contributed by atoms with E-state index in [4.69, 9.17) is 24.6 Å². The third-order valence-corrected chi connectivity index (χ3v) is 2.43. The van der Waals surface area contributed by atoms with Gasteiger partial charge in [0.2, 0.25) is 5.75 Å². The van der Waals surface area contributed by atoms with Crippen molar-refractivity contribution in [2.24, 2.45) is 0 Å². The molecule has 0 radical (unpaired) electrons. The number of benzene rings is 1. The molecule has 0 aliphatic rings. The summed E-state index contributed by atoms with van der Waals surface area (Å²) in [5, 5.41) is 18.0. The van der Waals surface area contributed by atoms with Crippen LogP contribution >= 0.6 is 0 Å². The average molecular weight is 237 g/mol. The summed E-state index contributed by atoms with van der Waals surface area (Å²) in [7, 11) is 4.51. The molecule has 1 rings (SSSR count). The van der Waals surface area contributed by atoms with Crippen molar-refractivity contribution in [1.82, 2.24) is 0 Å². The van der Waals surface area contributed by atoms with Gasteiger partial charge in [-0.1, -0.05) is 0 Å². The fourth-order valence-electron chi connectivity index (χ4n) is 1.52. The van der Waals surface area contributed by atoms with E-state index in [1.807, 2.05) is 6.07 Å². The van der Waals surface area contributed by atoms with Gasteiger partial charge < -0.3 is 19.3 Å². The Morgan fingerprint density at radius 2 is 1.71 bits per heavy atom. The van der Waals surface area contributed by atoms with Gasteiger partial charge in [-0.3, -0.25) is 0 Å². The minimum absolute atomic E-state index is 0.255. The maximum atomic E-state index is 9.10. The lowest BCUT2D eigenvalue weighted by Crippen LogP contribution is -2.03. The maximum Gasteiger partial charge on any atom is 0.203 e. The van der Waals surface area contributed by atoms with Crippen LogP contribution in [-0.4, -0.2) is 33.0 Å². The topological polar surface area (TPSA) is 71.7 Å². The van der Waals surface area contributed by atoms with Gasteiger partial charge in [-0.15, -0.1) is 0 Å². The van der Waals surface area contributed by atoms with Crippen LogP contribution in [0.3, 0.4) is 0 Å². The van der Waals surface area contributed by atoms with Crippen molar-refractivity contribution in [3.63, 3.8) is 0 Å². The SMILES string of the molecule is COc1cc(C(C#N)CO)cc(OC)c1OC. The van der Waals surface area contributed by atoms with E-state index in [1.165, 1.54) is 21.3 Å². The Balaban J connectivity index is 3.32. The fraction of sp³-hybridized carbons (Fsp3) is 0.417. The van der Waals surface area contributed by atoms with Crippen LogP contribution in [0.2, 0.25) is 0 Å². The molecule has 0 aromatic heterocycles. The zero-order chi connectivity index (χ0) is 12.8. The van der Waals surface area contributed by atoms with Crippen molar-refractivity contribution in [2.45, 2.75) is 5.92 Å². The summed E-state index contributed by atoms with van der Waals surface area (Å²) < 4.78 is 15.5. The first-order valence-corrected chi connectivity index (χ1v) is 5.02. The van der Waals surface area contributed by atoms with Gasteiger partial charge >= 0.3 is 0 Å². The highest BCUT2D eigenvalue weighted by Gasteiger charge is 2.17. The van der Waals surface area contributed by atoms with Gasteiger partial charge in [0.15, 0.2) is 11.5 Å². The quantitative estimate of drug-likeness (QED) is 0.836. The number of hydrogen-bond acceptors (Lipinski definition) is 5. The predicted octanol–water partition coefficient (Wildman–Crippen LogP) is 1.31. The molecule has 0 heterocycles. The molecule has 0 amide bonds. The van der Waals surface area contributed by atoms with Crippen LogP contribution in [0.1, 0.15) is 11.5 Å². The zero-order valence-electron chi connectivity index (χ0n) is 10.1. The molecule has 0 saturated heterocycles. The first kappa shape index (κ1) is 13.1. The van der Waals surface area contributed by atoms with Crippen LogP contribution < -0.4 is 14.2 Å². The minimum atomic E-state index is -0.608. The van der Waals surface area contributed by atoms with E-state index in [1.54, 1.807) is 12.1 Å². The van der Waals surface area contributed by atoms with E-state index in [2.05, 4.69) is 0 Å². The molecule has 17 heavy (non-hydrogen) atoms. The second-order valence-corrected chi connectivity index (χ2v) is 3.32. The van der Waals surface area contributed by atoms with Crippen LogP contribution in [0.15, 0.2) is 12.1 Å². The van der Waals surface area contributed by atoms with E-state index in [0.29, 0.717) is 22.8 Å². The summed E-state index contributed by atoms with van der Waals surface area (Å²) in [6, 6.07) is 5.32. The molecule has 1 atom stereocenters. The summed E-state index contributed by atoms with van der Waals surface area (Å²) in [5.74, 6) is 0.795. The van der Waals surface area contributed by atoms with E-state index in [-0.39, 0.29) is 6.61 Å². The summed E-state index contributed by atoms with van der Waals surface area (Å²) in [5.41, 5.74) is 0.629. The molecule has 0 bridgehead atoms. The number of nitriles is 1. The van der Waals surface area contributed by atoms with Crippen molar-refractivity contribution in [3.8, 4) is 23.3 Å². The number of ether oxygens (including phenoxy) is 3. The van der Waals surface area contributed by atoms with Gasteiger partial charge in [0, 0.05) is 0 Å². The molecule has 92 valence electrons. The molecule has 1 N–H and O–H groups in total. The Hall–Kier alpha value is -1.93. The number of rotatable bonds is 5.